The van der Waals surface area contributed by atoms with Crippen LogP contribution in [0.5, 0.6) is 0 Å². The van der Waals surface area contributed by atoms with Gasteiger partial charge in [-0.15, -0.1) is 0 Å². The highest BCUT2D eigenvalue weighted by Crippen LogP contribution is 2.35. The maximum atomic E-state index is 6.94. The molecule has 1 heterocycles. The molecule has 2 aliphatic carbocycles. The lowest BCUT2D eigenvalue weighted by Crippen LogP contribution is -2.17. The highest BCUT2D eigenvalue weighted by atomic mass is 16.3. The zero-order chi connectivity index (χ0) is 29.0. The average molecular weight is 560 g/mol. The molecule has 7 rings (SSSR count). The molecule has 43 heavy (non-hydrogen) atoms. The number of para-hydroxylation sites is 1. The topological polar surface area (TPSA) is 63.9 Å². The Kier molecular flexibility index (Phi) is 7.41. The number of fused-ring (bicyclic) bond motifs is 3. The summed E-state index contributed by atoms with van der Waals surface area (Å²) in [6, 6.07) is 31.1. The van der Waals surface area contributed by atoms with E-state index in [2.05, 4.69) is 91.1 Å². The molecule has 4 heteroatoms. The van der Waals surface area contributed by atoms with E-state index in [1.165, 1.54) is 16.7 Å². The van der Waals surface area contributed by atoms with Crippen LogP contribution in [-0.4, -0.2) is 11.7 Å². The number of aliphatic imine (C=N–C) groups is 2. The maximum absolute atomic E-state index is 6.94. The zero-order valence-corrected chi connectivity index (χ0v) is 24.0. The predicted octanol–water partition coefficient (Wildman–Crippen LogP) is 9.41. The fourth-order valence-corrected chi connectivity index (χ4v) is 5.80. The van der Waals surface area contributed by atoms with Crippen molar-refractivity contribution in [3.8, 4) is 0 Å². The van der Waals surface area contributed by atoms with E-state index in [0.29, 0.717) is 18.2 Å². The van der Waals surface area contributed by atoms with Gasteiger partial charge in [0.05, 0.1) is 6.54 Å². The Morgan fingerprint density at radius 3 is 2.12 bits per heavy atom. The van der Waals surface area contributed by atoms with E-state index in [0.717, 1.165) is 69.9 Å². The van der Waals surface area contributed by atoms with Crippen LogP contribution in [0.3, 0.4) is 0 Å². The van der Waals surface area contributed by atoms with E-state index in [1.54, 1.807) is 0 Å². The molecular formula is C39H33N3O. The van der Waals surface area contributed by atoms with Crippen molar-refractivity contribution in [2.45, 2.75) is 32.2 Å². The second kappa shape index (κ2) is 11.9. The van der Waals surface area contributed by atoms with Crippen LogP contribution in [0.2, 0.25) is 0 Å². The van der Waals surface area contributed by atoms with E-state index in [-0.39, 0.29) is 0 Å². The first-order valence-electron chi connectivity index (χ1n) is 15.0. The molecule has 5 aromatic rings. The van der Waals surface area contributed by atoms with Gasteiger partial charge >= 0.3 is 0 Å². The van der Waals surface area contributed by atoms with Gasteiger partial charge in [-0.2, -0.15) is 0 Å². The Morgan fingerprint density at radius 2 is 1.40 bits per heavy atom. The smallest absolute Gasteiger partial charge is 0.157 e. The van der Waals surface area contributed by atoms with Crippen molar-refractivity contribution in [2.75, 3.05) is 0 Å². The molecule has 0 bridgehead atoms. The highest BCUT2D eigenvalue weighted by Gasteiger charge is 2.18. The Hall–Kier alpha value is -5.22. The van der Waals surface area contributed by atoms with Crippen LogP contribution < -0.4 is 5.73 Å². The molecule has 0 spiro atoms. The summed E-state index contributed by atoms with van der Waals surface area (Å²) in [5, 5.41) is 1.99. The Morgan fingerprint density at radius 1 is 0.698 bits per heavy atom. The lowest BCUT2D eigenvalue weighted by molar-refractivity contribution is 0.669. The van der Waals surface area contributed by atoms with Crippen molar-refractivity contribution in [1.82, 2.24) is 0 Å². The first kappa shape index (κ1) is 26.7. The molecule has 2 aliphatic rings. The Bertz CT molecular complexity index is 1980. The summed E-state index contributed by atoms with van der Waals surface area (Å²) in [5.74, 6) is 1.01. The van der Waals surface area contributed by atoms with Gasteiger partial charge in [0.25, 0.3) is 0 Å². The van der Waals surface area contributed by atoms with Crippen LogP contribution in [0.15, 0.2) is 142 Å². The number of hydrogen-bond acceptors (Lipinski definition) is 2. The Balaban J connectivity index is 1.35. The molecule has 0 atom stereocenters. The SMILES string of the molecule is NC(=NC(=NCc1ccccc1)c1ccc(C2=CCCC=C2)cc1)c1cc(C2=CCCC=C2)cc2oc3ccccc3c12. The lowest BCUT2D eigenvalue weighted by atomic mass is 9.95. The van der Waals surface area contributed by atoms with Crippen molar-refractivity contribution in [2.24, 2.45) is 15.7 Å². The molecule has 0 aliphatic heterocycles. The second-order valence-electron chi connectivity index (χ2n) is 11.0. The fourth-order valence-electron chi connectivity index (χ4n) is 5.80. The molecule has 4 nitrogen and oxygen atoms in total. The van der Waals surface area contributed by atoms with Crippen LogP contribution in [0.1, 0.15) is 53.5 Å². The Labute approximate surface area is 252 Å². The van der Waals surface area contributed by atoms with Gasteiger partial charge in [-0.25, -0.2) is 4.99 Å². The number of nitrogens with two attached hydrogens (primary N) is 1. The second-order valence-corrected chi connectivity index (χ2v) is 11.0. The third-order valence-corrected chi connectivity index (χ3v) is 8.03. The van der Waals surface area contributed by atoms with Gasteiger partial charge in [0.1, 0.15) is 17.0 Å². The van der Waals surface area contributed by atoms with E-state index < -0.39 is 0 Å². The fraction of sp³-hybridized carbons (Fsp3) is 0.128. The van der Waals surface area contributed by atoms with E-state index in [9.17, 15) is 0 Å². The quantitative estimate of drug-likeness (QED) is 0.166. The summed E-state index contributed by atoms with van der Waals surface area (Å²) in [6.45, 7) is 0.504. The summed E-state index contributed by atoms with van der Waals surface area (Å²) >= 11 is 0. The van der Waals surface area contributed by atoms with Crippen molar-refractivity contribution in [3.05, 3.63) is 155 Å². The van der Waals surface area contributed by atoms with Gasteiger partial charge in [-0.3, -0.25) is 4.99 Å². The van der Waals surface area contributed by atoms with Gasteiger partial charge in [0, 0.05) is 21.9 Å². The van der Waals surface area contributed by atoms with Crippen LogP contribution in [0.25, 0.3) is 33.1 Å². The van der Waals surface area contributed by atoms with Crippen molar-refractivity contribution >= 4 is 44.8 Å². The lowest BCUT2D eigenvalue weighted by Gasteiger charge is -2.12. The normalized spacial score (nSPS) is 15.6. The predicted molar refractivity (Wildman–Crippen MR) is 180 cm³/mol. The molecule has 210 valence electrons. The molecule has 0 unspecified atom stereocenters. The van der Waals surface area contributed by atoms with Crippen molar-refractivity contribution < 1.29 is 4.42 Å². The molecule has 4 aromatic carbocycles. The molecule has 0 radical (unpaired) electrons. The van der Waals surface area contributed by atoms with E-state index in [1.807, 2.05) is 36.4 Å². The van der Waals surface area contributed by atoms with E-state index >= 15 is 0 Å². The summed E-state index contributed by atoms with van der Waals surface area (Å²) < 4.78 is 6.34. The van der Waals surface area contributed by atoms with Crippen LogP contribution >= 0.6 is 0 Å². The summed E-state index contributed by atoms with van der Waals surface area (Å²) in [4.78, 5) is 10.0. The number of nitrogens with zero attached hydrogens (tertiary/aromatic N) is 2. The molecule has 0 saturated heterocycles. The first-order valence-corrected chi connectivity index (χ1v) is 15.0. The first-order chi connectivity index (χ1) is 21.2. The van der Waals surface area contributed by atoms with Gasteiger partial charge in [-0.1, -0.05) is 109 Å². The number of furan rings is 1. The monoisotopic (exact) mass is 559 g/mol. The average Bonchev–Trinajstić information content (AvgIpc) is 3.46. The van der Waals surface area contributed by atoms with Crippen LogP contribution in [0, 0.1) is 0 Å². The molecule has 1 aromatic heterocycles. The van der Waals surface area contributed by atoms with Crippen molar-refractivity contribution in [3.63, 3.8) is 0 Å². The third kappa shape index (κ3) is 5.64. The molecule has 0 fully saturated rings. The zero-order valence-electron chi connectivity index (χ0n) is 24.0. The van der Waals surface area contributed by atoms with E-state index in [4.69, 9.17) is 20.1 Å². The van der Waals surface area contributed by atoms with Crippen molar-refractivity contribution in [1.29, 1.82) is 0 Å². The highest BCUT2D eigenvalue weighted by molar-refractivity contribution is 6.21. The third-order valence-electron chi connectivity index (χ3n) is 8.03. The summed E-state index contributed by atoms with van der Waals surface area (Å²) in [5.41, 5.74) is 16.1. The molecule has 0 amide bonds. The van der Waals surface area contributed by atoms with Gasteiger partial charge < -0.3 is 10.2 Å². The minimum absolute atomic E-state index is 0.410. The minimum Gasteiger partial charge on any atom is -0.456 e. The molecule has 0 saturated carbocycles. The van der Waals surface area contributed by atoms with Gasteiger partial charge in [-0.05, 0) is 71.7 Å². The standard InChI is InChI=1S/C39H33N3O/c40-38(34-24-32(29-16-8-3-9-17-29)25-36-37(34)33-18-10-11-19-35(33)43-36)42-39(41-26-27-12-4-1-5-13-27)31-22-20-30(21-23-31)28-14-6-2-7-15-28/h1,4-6,8,10-25H,2-3,7,9,26H2,(H2,40,41,42). The number of rotatable bonds is 6. The summed E-state index contributed by atoms with van der Waals surface area (Å²) in [7, 11) is 0. The van der Waals surface area contributed by atoms with Gasteiger partial charge in [0.2, 0.25) is 0 Å². The summed E-state index contributed by atoms with van der Waals surface area (Å²) in [6.07, 6.45) is 17.6. The number of hydrogen-bond donors (Lipinski definition) is 1. The van der Waals surface area contributed by atoms with Gasteiger partial charge in [0.15, 0.2) is 5.84 Å². The van der Waals surface area contributed by atoms with Crippen LogP contribution in [0.4, 0.5) is 0 Å². The largest absolute Gasteiger partial charge is 0.456 e. The number of benzene rings is 4. The minimum atomic E-state index is 0.410. The number of amidine groups is 2. The number of allylic oxidation sites excluding steroid dienone is 8. The van der Waals surface area contributed by atoms with Crippen LogP contribution in [-0.2, 0) is 6.54 Å². The maximum Gasteiger partial charge on any atom is 0.157 e. The molecule has 2 N–H and O–H groups in total. The molecular weight excluding hydrogens is 526 g/mol.